The van der Waals surface area contributed by atoms with E-state index in [0.717, 1.165) is 10.9 Å². The molecule has 0 aliphatic carbocycles. The molecule has 2 aromatic rings. The number of nitro groups is 2. The van der Waals surface area contributed by atoms with Crippen molar-refractivity contribution in [2.45, 2.75) is 19.9 Å². The quantitative estimate of drug-likeness (QED) is 0.622. The summed E-state index contributed by atoms with van der Waals surface area (Å²) in [6.07, 6.45) is 1.16. The lowest BCUT2D eigenvalue weighted by atomic mass is 10.2. The Labute approximate surface area is 141 Å². The molecule has 1 heterocycles. The van der Waals surface area contributed by atoms with Crippen LogP contribution in [-0.2, 0) is 4.79 Å². The molecule has 11 nitrogen and oxygen atoms in total. The van der Waals surface area contributed by atoms with Gasteiger partial charge in [0.2, 0.25) is 5.91 Å². The summed E-state index contributed by atoms with van der Waals surface area (Å²) in [4.78, 5) is 32.9. The number of aryl methyl sites for hydroxylation is 1. The summed E-state index contributed by atoms with van der Waals surface area (Å²) < 4.78 is 6.13. The van der Waals surface area contributed by atoms with Crippen LogP contribution in [0.4, 0.5) is 17.1 Å². The van der Waals surface area contributed by atoms with Gasteiger partial charge >= 0.3 is 5.69 Å². The number of hydrogen-bond donors (Lipinski definition) is 1. The Hall–Kier alpha value is -3.50. The molecule has 1 atom stereocenters. The van der Waals surface area contributed by atoms with Crippen LogP contribution in [0.2, 0.25) is 0 Å². The molecule has 0 aliphatic rings. The van der Waals surface area contributed by atoms with E-state index in [1.807, 2.05) is 0 Å². The number of carbonyl (C=O) groups is 1. The second kappa shape index (κ2) is 6.95. The van der Waals surface area contributed by atoms with Crippen LogP contribution in [0.5, 0.6) is 5.75 Å². The van der Waals surface area contributed by atoms with Gasteiger partial charge in [-0.05, 0) is 13.8 Å². The Bertz CT molecular complexity index is 846. The number of nitrogens with zero attached hydrogens (tertiary/aromatic N) is 4. The van der Waals surface area contributed by atoms with Gasteiger partial charge in [0.25, 0.3) is 5.69 Å². The van der Waals surface area contributed by atoms with E-state index >= 15 is 0 Å². The van der Waals surface area contributed by atoms with Gasteiger partial charge in [-0.25, -0.2) is 0 Å². The summed E-state index contributed by atoms with van der Waals surface area (Å²) in [6, 6.07) is 2.97. The standard InChI is InChI=1S/C14H15N5O6/c1-8-13(19(23)24)7-17(16-8)9(2)14(20)15-10-4-11(18(21)22)6-12(5-10)25-3/h4-7,9H,1-3H3,(H,15,20). The van der Waals surface area contributed by atoms with Crippen molar-refractivity contribution >= 4 is 23.0 Å². The highest BCUT2D eigenvalue weighted by Crippen LogP contribution is 2.26. The highest BCUT2D eigenvalue weighted by Gasteiger charge is 2.23. The normalized spacial score (nSPS) is 11.6. The second-order valence-electron chi connectivity index (χ2n) is 5.18. The molecular formula is C14H15N5O6. The molecule has 132 valence electrons. The summed E-state index contributed by atoms with van der Waals surface area (Å²) in [6.45, 7) is 2.96. The van der Waals surface area contributed by atoms with Crippen LogP contribution in [0.3, 0.4) is 0 Å². The topological polar surface area (TPSA) is 142 Å². The molecule has 25 heavy (non-hydrogen) atoms. The molecule has 1 unspecified atom stereocenters. The monoisotopic (exact) mass is 349 g/mol. The van der Waals surface area contributed by atoms with Crippen molar-refractivity contribution in [3.05, 3.63) is 50.3 Å². The van der Waals surface area contributed by atoms with E-state index in [1.165, 1.54) is 39.2 Å². The lowest BCUT2D eigenvalue weighted by molar-refractivity contribution is -0.385. The zero-order valence-corrected chi connectivity index (χ0v) is 13.6. The number of hydrogen-bond acceptors (Lipinski definition) is 7. The molecule has 2 rings (SSSR count). The number of nitro benzene ring substituents is 1. The number of amides is 1. The Kier molecular flexibility index (Phi) is 4.96. The number of benzene rings is 1. The van der Waals surface area contributed by atoms with E-state index in [0.29, 0.717) is 0 Å². The molecule has 0 saturated carbocycles. The minimum atomic E-state index is -0.863. The van der Waals surface area contributed by atoms with E-state index in [1.54, 1.807) is 0 Å². The molecule has 1 aromatic heterocycles. The number of rotatable bonds is 6. The zero-order valence-electron chi connectivity index (χ0n) is 13.6. The van der Waals surface area contributed by atoms with E-state index < -0.39 is 21.8 Å². The summed E-state index contributed by atoms with van der Waals surface area (Å²) in [5, 5.41) is 28.3. The number of carbonyl (C=O) groups excluding carboxylic acids is 1. The number of anilines is 1. The van der Waals surface area contributed by atoms with Crippen molar-refractivity contribution in [1.29, 1.82) is 0 Å². The fourth-order valence-electron chi connectivity index (χ4n) is 2.10. The molecule has 0 aliphatic heterocycles. The third-order valence-corrected chi connectivity index (χ3v) is 3.47. The first-order valence-corrected chi connectivity index (χ1v) is 7.07. The van der Waals surface area contributed by atoms with E-state index in [4.69, 9.17) is 4.74 Å². The highest BCUT2D eigenvalue weighted by molar-refractivity contribution is 5.94. The zero-order chi connectivity index (χ0) is 18.7. The van der Waals surface area contributed by atoms with Crippen molar-refractivity contribution in [3.63, 3.8) is 0 Å². The molecule has 1 amide bonds. The molecule has 11 heteroatoms. The lowest BCUT2D eigenvalue weighted by Gasteiger charge is -2.13. The molecule has 0 radical (unpaired) electrons. The van der Waals surface area contributed by atoms with Gasteiger partial charge in [-0.1, -0.05) is 0 Å². The SMILES string of the molecule is COc1cc(NC(=O)C(C)n2cc([N+](=O)[O-])c(C)n2)cc([N+](=O)[O-])c1. The van der Waals surface area contributed by atoms with Crippen LogP contribution in [-0.4, -0.2) is 32.6 Å². The van der Waals surface area contributed by atoms with Crippen molar-refractivity contribution < 1.29 is 19.4 Å². The number of ether oxygens (including phenoxy) is 1. The Morgan fingerprint density at radius 3 is 2.48 bits per heavy atom. The van der Waals surface area contributed by atoms with Gasteiger partial charge in [-0.3, -0.25) is 29.7 Å². The maximum atomic E-state index is 12.3. The molecule has 0 fully saturated rings. The Balaban J connectivity index is 2.24. The minimum Gasteiger partial charge on any atom is -0.496 e. The van der Waals surface area contributed by atoms with E-state index in [-0.39, 0.29) is 28.5 Å². The third-order valence-electron chi connectivity index (χ3n) is 3.47. The van der Waals surface area contributed by atoms with Gasteiger partial charge in [0.05, 0.1) is 28.7 Å². The predicted molar refractivity (Wildman–Crippen MR) is 86.6 cm³/mol. The van der Waals surface area contributed by atoms with Gasteiger partial charge in [0, 0.05) is 12.1 Å². The van der Waals surface area contributed by atoms with Gasteiger partial charge in [0.1, 0.15) is 23.7 Å². The van der Waals surface area contributed by atoms with Crippen molar-refractivity contribution in [3.8, 4) is 5.75 Å². The fraction of sp³-hybridized carbons (Fsp3) is 0.286. The van der Waals surface area contributed by atoms with Crippen LogP contribution in [0, 0.1) is 27.2 Å². The average Bonchev–Trinajstić information content (AvgIpc) is 2.95. The van der Waals surface area contributed by atoms with Crippen LogP contribution < -0.4 is 10.1 Å². The number of non-ortho nitro benzene ring substituents is 1. The average molecular weight is 349 g/mol. The first-order chi connectivity index (χ1) is 11.7. The van der Waals surface area contributed by atoms with Crippen LogP contribution in [0.15, 0.2) is 24.4 Å². The number of nitrogens with one attached hydrogen (secondary N) is 1. The van der Waals surface area contributed by atoms with Gasteiger partial charge in [-0.15, -0.1) is 0 Å². The van der Waals surface area contributed by atoms with Crippen LogP contribution in [0.25, 0.3) is 0 Å². The summed E-state index contributed by atoms with van der Waals surface area (Å²) in [5.74, 6) is -0.331. The predicted octanol–water partition coefficient (Wildman–Crippen LogP) is 2.22. The highest BCUT2D eigenvalue weighted by atomic mass is 16.6. The van der Waals surface area contributed by atoms with Crippen molar-refractivity contribution in [2.24, 2.45) is 0 Å². The maximum Gasteiger partial charge on any atom is 0.309 e. The lowest BCUT2D eigenvalue weighted by Crippen LogP contribution is -2.24. The second-order valence-corrected chi connectivity index (χ2v) is 5.18. The summed E-state index contributed by atoms with van der Waals surface area (Å²) in [7, 11) is 1.35. The molecule has 0 saturated heterocycles. The van der Waals surface area contributed by atoms with Gasteiger partial charge in [0.15, 0.2) is 0 Å². The van der Waals surface area contributed by atoms with Crippen LogP contribution in [0.1, 0.15) is 18.7 Å². The van der Waals surface area contributed by atoms with Crippen molar-refractivity contribution in [1.82, 2.24) is 9.78 Å². The number of methoxy groups -OCH3 is 1. The minimum absolute atomic E-state index is 0.168. The maximum absolute atomic E-state index is 12.3. The van der Waals surface area contributed by atoms with Crippen molar-refractivity contribution in [2.75, 3.05) is 12.4 Å². The molecule has 0 bridgehead atoms. The van der Waals surface area contributed by atoms with E-state index in [2.05, 4.69) is 10.4 Å². The first kappa shape index (κ1) is 17.8. The summed E-state index contributed by atoms with van der Waals surface area (Å²) >= 11 is 0. The largest absolute Gasteiger partial charge is 0.496 e. The Morgan fingerprint density at radius 2 is 1.96 bits per heavy atom. The smallest absolute Gasteiger partial charge is 0.309 e. The molecule has 1 N–H and O–H groups in total. The molecular weight excluding hydrogens is 334 g/mol. The molecule has 0 spiro atoms. The third kappa shape index (κ3) is 3.88. The fourth-order valence-corrected chi connectivity index (χ4v) is 2.10. The summed E-state index contributed by atoms with van der Waals surface area (Å²) in [5.41, 5.74) is -0.0903. The number of aromatic nitrogens is 2. The molecule has 1 aromatic carbocycles. The van der Waals surface area contributed by atoms with Crippen LogP contribution >= 0.6 is 0 Å². The van der Waals surface area contributed by atoms with Gasteiger partial charge in [-0.2, -0.15) is 5.10 Å². The first-order valence-electron chi connectivity index (χ1n) is 7.07. The van der Waals surface area contributed by atoms with Gasteiger partial charge < -0.3 is 10.1 Å². The van der Waals surface area contributed by atoms with E-state index in [9.17, 15) is 25.0 Å². The Morgan fingerprint density at radius 1 is 1.28 bits per heavy atom.